The molecule has 0 saturated carbocycles. The van der Waals surface area contributed by atoms with E-state index in [1.54, 1.807) is 0 Å². The number of nitrogens with zero attached hydrogens (tertiary/aromatic N) is 2. The Labute approximate surface area is 139 Å². The number of aryl methyl sites for hydroxylation is 1. The molecule has 0 unspecified atom stereocenters. The Morgan fingerprint density at radius 2 is 2.00 bits per heavy atom. The lowest BCUT2D eigenvalue weighted by Gasteiger charge is -2.09. The molecule has 0 saturated heterocycles. The molecule has 0 aliphatic heterocycles. The van der Waals surface area contributed by atoms with Gasteiger partial charge in [-0.1, -0.05) is 11.6 Å². The summed E-state index contributed by atoms with van der Waals surface area (Å²) in [5.74, 6) is -0.0794. The van der Waals surface area contributed by atoms with Crippen molar-refractivity contribution in [2.75, 3.05) is 6.54 Å². The Morgan fingerprint density at radius 1 is 1.30 bits per heavy atom. The van der Waals surface area contributed by atoms with E-state index < -0.39 is 21.9 Å². The van der Waals surface area contributed by atoms with Crippen LogP contribution < -0.4 is 4.72 Å². The van der Waals surface area contributed by atoms with Crippen molar-refractivity contribution in [3.05, 3.63) is 39.7 Å². The summed E-state index contributed by atoms with van der Waals surface area (Å²) in [6, 6.07) is 3.63. The zero-order valence-corrected chi connectivity index (χ0v) is 14.1. The second-order valence-electron chi connectivity index (χ2n) is 4.51. The van der Waals surface area contributed by atoms with Crippen molar-refractivity contribution >= 4 is 33.0 Å². The Bertz CT molecular complexity index is 806. The van der Waals surface area contributed by atoms with Crippen LogP contribution in [0.25, 0.3) is 0 Å². The van der Waals surface area contributed by atoms with Crippen LogP contribution in [-0.4, -0.2) is 24.9 Å². The largest absolute Gasteiger partial charge is 0.433 e. The topological polar surface area (TPSA) is 72.0 Å². The fraction of sp³-hybridized carbons (Fsp3) is 0.333. The molecule has 0 spiro atoms. The molecular formula is C12H11ClF3N3O2S2. The van der Waals surface area contributed by atoms with Gasteiger partial charge in [0.2, 0.25) is 10.0 Å². The van der Waals surface area contributed by atoms with E-state index in [9.17, 15) is 21.6 Å². The first-order valence-corrected chi connectivity index (χ1v) is 8.92. The number of alkyl halides is 3. The third-order valence-corrected chi connectivity index (χ3v) is 5.83. The maximum absolute atomic E-state index is 12.7. The molecule has 0 radical (unpaired) electrons. The van der Waals surface area contributed by atoms with Crippen LogP contribution in [0.4, 0.5) is 13.2 Å². The van der Waals surface area contributed by atoms with Gasteiger partial charge >= 0.3 is 6.18 Å². The fourth-order valence-electron chi connectivity index (χ4n) is 1.70. The van der Waals surface area contributed by atoms with Crippen molar-refractivity contribution in [3.8, 4) is 0 Å². The van der Waals surface area contributed by atoms with Gasteiger partial charge in [-0.2, -0.15) is 13.2 Å². The maximum atomic E-state index is 12.7. The number of hydrogen-bond donors (Lipinski definition) is 1. The van der Waals surface area contributed by atoms with E-state index in [4.69, 9.17) is 11.6 Å². The van der Waals surface area contributed by atoms with Gasteiger partial charge in [0.15, 0.2) is 0 Å². The first-order chi connectivity index (χ1) is 10.6. The van der Waals surface area contributed by atoms with E-state index in [0.29, 0.717) is 4.34 Å². The highest BCUT2D eigenvalue weighted by atomic mass is 35.5. The number of sulfonamides is 1. The predicted octanol–water partition coefficient (Wildman–Crippen LogP) is 3.04. The summed E-state index contributed by atoms with van der Waals surface area (Å²) in [5.41, 5.74) is -0.886. The Balaban J connectivity index is 2.06. The van der Waals surface area contributed by atoms with E-state index in [0.717, 1.165) is 17.4 Å². The van der Waals surface area contributed by atoms with E-state index in [1.165, 1.54) is 19.1 Å². The Hall–Kier alpha value is -1.23. The third kappa shape index (κ3) is 4.87. The lowest BCUT2D eigenvalue weighted by molar-refractivity contribution is -0.141. The fourth-order valence-corrected chi connectivity index (χ4v) is 4.26. The van der Waals surface area contributed by atoms with Gasteiger partial charge in [0.1, 0.15) is 15.7 Å². The van der Waals surface area contributed by atoms with Crippen molar-refractivity contribution in [1.29, 1.82) is 0 Å². The SMILES string of the molecule is Cc1cc(C(F)(F)F)nc(CCNS(=O)(=O)c2ccc(Cl)s2)n1. The molecule has 2 rings (SSSR count). The van der Waals surface area contributed by atoms with Crippen LogP contribution in [0, 0.1) is 6.92 Å². The summed E-state index contributed by atoms with van der Waals surface area (Å²) < 4.78 is 64.5. The molecule has 0 aliphatic carbocycles. The summed E-state index contributed by atoms with van der Waals surface area (Å²) in [6.45, 7) is 1.29. The van der Waals surface area contributed by atoms with Gasteiger partial charge in [-0.3, -0.25) is 0 Å². The third-order valence-electron chi connectivity index (χ3n) is 2.65. The van der Waals surface area contributed by atoms with Crippen LogP contribution in [0.5, 0.6) is 0 Å². The van der Waals surface area contributed by atoms with Gasteiger partial charge < -0.3 is 0 Å². The summed E-state index contributed by atoms with van der Waals surface area (Å²) in [7, 11) is -3.75. The lowest BCUT2D eigenvalue weighted by atomic mass is 10.3. The Kier molecular flexibility index (Phi) is 5.29. The van der Waals surface area contributed by atoms with Crippen LogP contribution in [-0.2, 0) is 22.6 Å². The molecule has 23 heavy (non-hydrogen) atoms. The maximum Gasteiger partial charge on any atom is 0.433 e. The minimum absolute atomic E-state index is 0.0311. The van der Waals surface area contributed by atoms with Gasteiger partial charge in [-0.15, -0.1) is 11.3 Å². The first kappa shape index (κ1) is 18.1. The van der Waals surface area contributed by atoms with Crippen molar-refractivity contribution in [2.45, 2.75) is 23.7 Å². The molecule has 5 nitrogen and oxygen atoms in total. The zero-order valence-electron chi connectivity index (χ0n) is 11.7. The minimum Gasteiger partial charge on any atom is -0.238 e. The number of aromatic nitrogens is 2. The molecule has 0 atom stereocenters. The van der Waals surface area contributed by atoms with Crippen LogP contribution in [0.3, 0.4) is 0 Å². The van der Waals surface area contributed by atoms with E-state index >= 15 is 0 Å². The molecule has 2 heterocycles. The van der Waals surface area contributed by atoms with Crippen LogP contribution in [0.1, 0.15) is 17.2 Å². The average Bonchev–Trinajstić information content (AvgIpc) is 2.84. The molecule has 0 bridgehead atoms. The summed E-state index contributed by atoms with van der Waals surface area (Å²) in [6.07, 6.45) is -4.64. The monoisotopic (exact) mass is 385 g/mol. The Morgan fingerprint density at radius 3 is 2.57 bits per heavy atom. The highest BCUT2D eigenvalue weighted by Gasteiger charge is 2.33. The van der Waals surface area contributed by atoms with Crippen molar-refractivity contribution in [1.82, 2.24) is 14.7 Å². The highest BCUT2D eigenvalue weighted by molar-refractivity contribution is 7.91. The van der Waals surface area contributed by atoms with Gasteiger partial charge in [0.05, 0.1) is 4.34 Å². The molecule has 1 N–H and O–H groups in total. The highest BCUT2D eigenvalue weighted by Crippen LogP contribution is 2.28. The molecule has 0 aliphatic rings. The van der Waals surface area contributed by atoms with Crippen molar-refractivity contribution in [3.63, 3.8) is 0 Å². The molecule has 126 valence electrons. The number of halogens is 4. The number of rotatable bonds is 5. The van der Waals surface area contributed by atoms with Gasteiger partial charge in [-0.25, -0.2) is 23.1 Å². The number of thiophene rings is 1. The molecule has 11 heteroatoms. The van der Waals surface area contributed by atoms with Crippen LogP contribution in [0.2, 0.25) is 4.34 Å². The van der Waals surface area contributed by atoms with E-state index in [1.807, 2.05) is 0 Å². The second kappa shape index (κ2) is 6.71. The van der Waals surface area contributed by atoms with Crippen molar-refractivity contribution < 1.29 is 21.6 Å². The van der Waals surface area contributed by atoms with E-state index in [2.05, 4.69) is 14.7 Å². The lowest BCUT2D eigenvalue weighted by Crippen LogP contribution is -2.26. The molecule has 0 fully saturated rings. The molecule has 2 aromatic heterocycles. The number of hydrogen-bond acceptors (Lipinski definition) is 5. The first-order valence-electron chi connectivity index (χ1n) is 6.25. The summed E-state index contributed by atoms with van der Waals surface area (Å²) in [4.78, 5) is 7.29. The van der Waals surface area contributed by atoms with Crippen LogP contribution >= 0.6 is 22.9 Å². The van der Waals surface area contributed by atoms with Gasteiger partial charge in [-0.05, 0) is 25.1 Å². The van der Waals surface area contributed by atoms with E-state index in [-0.39, 0.29) is 28.7 Å². The normalized spacial score (nSPS) is 12.6. The van der Waals surface area contributed by atoms with Crippen molar-refractivity contribution in [2.24, 2.45) is 0 Å². The second-order valence-corrected chi connectivity index (χ2v) is 8.22. The molecular weight excluding hydrogens is 375 g/mol. The number of nitrogens with one attached hydrogen (secondary N) is 1. The standard InChI is InChI=1S/C12H11ClF3N3O2S2/c1-7-6-8(12(14,15)16)19-10(18-7)4-5-17-23(20,21)11-3-2-9(13)22-11/h2-3,6,17H,4-5H2,1H3. The van der Waals surface area contributed by atoms with Gasteiger partial charge in [0, 0.05) is 18.7 Å². The quantitative estimate of drug-likeness (QED) is 0.858. The summed E-state index contributed by atoms with van der Waals surface area (Å²) >= 11 is 6.56. The summed E-state index contributed by atoms with van der Waals surface area (Å²) in [5, 5.41) is 0. The zero-order chi connectivity index (χ0) is 17.3. The predicted molar refractivity (Wildman–Crippen MR) is 80.0 cm³/mol. The smallest absolute Gasteiger partial charge is 0.238 e. The van der Waals surface area contributed by atoms with Crippen LogP contribution in [0.15, 0.2) is 22.4 Å². The van der Waals surface area contributed by atoms with Gasteiger partial charge in [0.25, 0.3) is 0 Å². The molecule has 2 aromatic rings. The molecule has 0 aromatic carbocycles. The minimum atomic E-state index is -4.57. The average molecular weight is 386 g/mol. The molecule has 0 amide bonds.